The maximum atomic E-state index is 12.2. The SMILES string of the molecule is CC(C)(C)OC(=O)COC(=O)CCC(=O)c1ccc2c(c1)OCCO2. The standard InChI is InChI=1S/C18H22O7/c1-18(2,3)25-17(21)11-24-16(20)7-5-13(19)12-4-6-14-15(10-12)23-9-8-22-14/h4,6,10H,5,7-9,11H2,1-3H3. The second-order valence-corrected chi connectivity index (χ2v) is 6.53. The van der Waals surface area contributed by atoms with Gasteiger partial charge in [0.2, 0.25) is 0 Å². The first-order chi connectivity index (χ1) is 11.7. The summed E-state index contributed by atoms with van der Waals surface area (Å²) in [5, 5.41) is 0. The number of fused-ring (bicyclic) bond motifs is 1. The average molecular weight is 350 g/mol. The molecule has 136 valence electrons. The molecule has 1 aliphatic rings. The van der Waals surface area contributed by atoms with Crippen molar-refractivity contribution in [1.82, 2.24) is 0 Å². The molecule has 0 unspecified atom stereocenters. The van der Waals surface area contributed by atoms with E-state index in [1.165, 1.54) is 0 Å². The van der Waals surface area contributed by atoms with Crippen LogP contribution in [-0.2, 0) is 19.1 Å². The summed E-state index contributed by atoms with van der Waals surface area (Å²) < 4.78 is 20.7. The maximum absolute atomic E-state index is 12.2. The number of ketones is 1. The predicted molar refractivity (Wildman–Crippen MR) is 87.8 cm³/mol. The van der Waals surface area contributed by atoms with Crippen LogP contribution in [0.25, 0.3) is 0 Å². The van der Waals surface area contributed by atoms with Crippen molar-refractivity contribution in [3.63, 3.8) is 0 Å². The van der Waals surface area contributed by atoms with Crippen molar-refractivity contribution in [1.29, 1.82) is 0 Å². The number of esters is 2. The van der Waals surface area contributed by atoms with Crippen LogP contribution >= 0.6 is 0 Å². The first kappa shape index (κ1) is 18.8. The van der Waals surface area contributed by atoms with Gasteiger partial charge < -0.3 is 18.9 Å². The molecule has 1 aromatic rings. The highest BCUT2D eigenvalue weighted by Crippen LogP contribution is 2.31. The van der Waals surface area contributed by atoms with Crippen LogP contribution in [0.4, 0.5) is 0 Å². The van der Waals surface area contributed by atoms with Crippen molar-refractivity contribution in [3.8, 4) is 11.5 Å². The van der Waals surface area contributed by atoms with E-state index in [2.05, 4.69) is 0 Å². The number of rotatable bonds is 6. The number of benzene rings is 1. The lowest BCUT2D eigenvalue weighted by atomic mass is 10.1. The summed E-state index contributed by atoms with van der Waals surface area (Å²) in [5.74, 6) is -0.355. The molecular weight excluding hydrogens is 328 g/mol. The Kier molecular flexibility index (Phi) is 6.01. The summed E-state index contributed by atoms with van der Waals surface area (Å²) >= 11 is 0. The minimum Gasteiger partial charge on any atom is -0.486 e. The molecule has 0 radical (unpaired) electrons. The molecule has 0 amide bonds. The molecule has 1 aliphatic heterocycles. The second kappa shape index (κ2) is 8.00. The average Bonchev–Trinajstić information content (AvgIpc) is 2.56. The molecule has 0 spiro atoms. The number of carbonyl (C=O) groups is 3. The molecule has 0 aromatic heterocycles. The van der Waals surface area contributed by atoms with Gasteiger partial charge in [0.05, 0.1) is 6.42 Å². The van der Waals surface area contributed by atoms with E-state index in [0.29, 0.717) is 30.3 Å². The van der Waals surface area contributed by atoms with Gasteiger partial charge in [-0.05, 0) is 39.0 Å². The zero-order chi connectivity index (χ0) is 18.4. The van der Waals surface area contributed by atoms with Gasteiger partial charge in [-0.15, -0.1) is 0 Å². The molecule has 7 heteroatoms. The molecule has 0 saturated carbocycles. The number of Topliss-reactive ketones (excluding diaryl/α,β-unsaturated/α-hetero) is 1. The Bertz CT molecular complexity index is 658. The van der Waals surface area contributed by atoms with Crippen LogP contribution in [0.3, 0.4) is 0 Å². The fraction of sp³-hybridized carbons (Fsp3) is 0.500. The van der Waals surface area contributed by atoms with Crippen molar-refractivity contribution in [2.24, 2.45) is 0 Å². The van der Waals surface area contributed by atoms with Gasteiger partial charge >= 0.3 is 11.9 Å². The quantitative estimate of drug-likeness (QED) is 0.574. The van der Waals surface area contributed by atoms with E-state index in [1.807, 2.05) is 0 Å². The number of carbonyl (C=O) groups excluding carboxylic acids is 3. The zero-order valence-corrected chi connectivity index (χ0v) is 14.6. The highest BCUT2D eigenvalue weighted by Gasteiger charge is 2.19. The minimum absolute atomic E-state index is 0.0210. The number of hydrogen-bond donors (Lipinski definition) is 0. The van der Waals surface area contributed by atoms with Crippen LogP contribution in [0.5, 0.6) is 11.5 Å². The van der Waals surface area contributed by atoms with Gasteiger partial charge in [-0.25, -0.2) is 4.79 Å². The van der Waals surface area contributed by atoms with E-state index < -0.39 is 24.1 Å². The monoisotopic (exact) mass is 350 g/mol. The molecule has 1 heterocycles. The fourth-order valence-electron chi connectivity index (χ4n) is 2.16. The van der Waals surface area contributed by atoms with Crippen molar-refractivity contribution in [2.45, 2.75) is 39.2 Å². The number of ether oxygens (including phenoxy) is 4. The van der Waals surface area contributed by atoms with E-state index in [-0.39, 0.29) is 18.6 Å². The van der Waals surface area contributed by atoms with Crippen LogP contribution in [0.2, 0.25) is 0 Å². The van der Waals surface area contributed by atoms with Crippen LogP contribution in [0.1, 0.15) is 44.0 Å². The Morgan fingerprint density at radius 2 is 1.68 bits per heavy atom. The van der Waals surface area contributed by atoms with E-state index in [1.54, 1.807) is 39.0 Å². The van der Waals surface area contributed by atoms with Gasteiger partial charge in [0.1, 0.15) is 18.8 Å². The molecule has 25 heavy (non-hydrogen) atoms. The summed E-state index contributed by atoms with van der Waals surface area (Å²) in [6.07, 6.45) is -0.136. The Labute approximate surface area is 146 Å². The van der Waals surface area contributed by atoms with E-state index in [4.69, 9.17) is 18.9 Å². The highest BCUT2D eigenvalue weighted by atomic mass is 16.6. The van der Waals surface area contributed by atoms with Crippen LogP contribution in [0.15, 0.2) is 18.2 Å². The Hall–Kier alpha value is -2.57. The Balaban J connectivity index is 1.78. The Morgan fingerprint density at radius 1 is 1.00 bits per heavy atom. The summed E-state index contributed by atoms with van der Waals surface area (Å²) in [5.41, 5.74) is -0.207. The summed E-state index contributed by atoms with van der Waals surface area (Å²) in [6.45, 7) is 5.61. The van der Waals surface area contributed by atoms with Gasteiger partial charge in [-0.2, -0.15) is 0 Å². The molecule has 7 nitrogen and oxygen atoms in total. The van der Waals surface area contributed by atoms with Crippen molar-refractivity contribution >= 4 is 17.7 Å². The minimum atomic E-state index is -0.641. The Morgan fingerprint density at radius 3 is 2.36 bits per heavy atom. The summed E-state index contributed by atoms with van der Waals surface area (Å²) in [7, 11) is 0. The van der Waals surface area contributed by atoms with Crippen LogP contribution in [-0.4, -0.2) is 43.1 Å². The molecule has 0 N–H and O–H groups in total. The van der Waals surface area contributed by atoms with Gasteiger partial charge in [-0.3, -0.25) is 9.59 Å². The largest absolute Gasteiger partial charge is 0.486 e. The smallest absolute Gasteiger partial charge is 0.344 e. The van der Waals surface area contributed by atoms with E-state index in [0.717, 1.165) is 0 Å². The molecule has 0 bridgehead atoms. The lowest BCUT2D eigenvalue weighted by Crippen LogP contribution is -2.27. The first-order valence-corrected chi connectivity index (χ1v) is 8.05. The van der Waals surface area contributed by atoms with E-state index >= 15 is 0 Å². The first-order valence-electron chi connectivity index (χ1n) is 8.05. The highest BCUT2D eigenvalue weighted by molar-refractivity contribution is 5.98. The third kappa shape index (κ3) is 6.10. The van der Waals surface area contributed by atoms with Gasteiger partial charge in [0.15, 0.2) is 23.9 Å². The lowest BCUT2D eigenvalue weighted by molar-refractivity contribution is -0.166. The molecule has 0 atom stereocenters. The molecular formula is C18H22O7. The molecule has 2 rings (SSSR count). The molecule has 0 fully saturated rings. The van der Waals surface area contributed by atoms with Crippen molar-refractivity contribution < 1.29 is 33.3 Å². The van der Waals surface area contributed by atoms with Gasteiger partial charge in [0.25, 0.3) is 0 Å². The second-order valence-electron chi connectivity index (χ2n) is 6.53. The van der Waals surface area contributed by atoms with Gasteiger partial charge in [-0.1, -0.05) is 0 Å². The van der Waals surface area contributed by atoms with Crippen molar-refractivity contribution in [2.75, 3.05) is 19.8 Å². The third-order valence-electron chi connectivity index (χ3n) is 3.19. The zero-order valence-electron chi connectivity index (χ0n) is 14.6. The van der Waals surface area contributed by atoms with Crippen LogP contribution in [0, 0.1) is 0 Å². The van der Waals surface area contributed by atoms with Gasteiger partial charge in [0, 0.05) is 12.0 Å². The summed E-state index contributed by atoms with van der Waals surface area (Å²) in [6, 6.07) is 4.90. The van der Waals surface area contributed by atoms with Crippen LogP contribution < -0.4 is 9.47 Å². The molecule has 1 aromatic carbocycles. The third-order valence-corrected chi connectivity index (χ3v) is 3.19. The number of hydrogen-bond acceptors (Lipinski definition) is 7. The molecule has 0 saturated heterocycles. The topological polar surface area (TPSA) is 88.1 Å². The fourth-order valence-corrected chi connectivity index (χ4v) is 2.16. The normalized spacial score (nSPS) is 13.1. The van der Waals surface area contributed by atoms with Crippen molar-refractivity contribution in [3.05, 3.63) is 23.8 Å². The maximum Gasteiger partial charge on any atom is 0.344 e. The predicted octanol–water partition coefficient (Wildman–Crippen LogP) is 2.31. The summed E-state index contributed by atoms with van der Waals surface area (Å²) in [4.78, 5) is 35.3. The van der Waals surface area contributed by atoms with E-state index in [9.17, 15) is 14.4 Å². The molecule has 0 aliphatic carbocycles. The lowest BCUT2D eigenvalue weighted by Gasteiger charge is -2.19.